The summed E-state index contributed by atoms with van der Waals surface area (Å²) < 4.78 is 36.8. The predicted octanol–water partition coefficient (Wildman–Crippen LogP) is 2.66. The van der Waals surface area contributed by atoms with E-state index in [1.54, 1.807) is 6.92 Å². The molecule has 0 amide bonds. The molecule has 0 bridgehead atoms. The standard InChI is InChI=1S/C13H17F2NO3/c1-3-5-11(13(17)18-4-2)19-12-7-8(14)10(16)6-9(12)15/h6-7,11H,3-5,16H2,1-2H3. The molecule has 19 heavy (non-hydrogen) atoms. The molecule has 0 spiro atoms. The Morgan fingerprint density at radius 2 is 2.00 bits per heavy atom. The monoisotopic (exact) mass is 273 g/mol. The van der Waals surface area contributed by atoms with Crippen LogP contribution in [0.15, 0.2) is 12.1 Å². The van der Waals surface area contributed by atoms with Crippen LogP contribution in [0.4, 0.5) is 14.5 Å². The van der Waals surface area contributed by atoms with Gasteiger partial charge in [-0.15, -0.1) is 0 Å². The number of carbonyl (C=O) groups excluding carboxylic acids is 1. The van der Waals surface area contributed by atoms with Crippen molar-refractivity contribution in [1.82, 2.24) is 0 Å². The van der Waals surface area contributed by atoms with E-state index in [2.05, 4.69) is 0 Å². The van der Waals surface area contributed by atoms with Gasteiger partial charge in [-0.2, -0.15) is 0 Å². The molecule has 0 heterocycles. The number of hydrogen-bond acceptors (Lipinski definition) is 4. The normalized spacial score (nSPS) is 12.0. The van der Waals surface area contributed by atoms with Crippen molar-refractivity contribution in [2.24, 2.45) is 0 Å². The summed E-state index contributed by atoms with van der Waals surface area (Å²) in [5.74, 6) is -2.56. The fourth-order valence-electron chi connectivity index (χ4n) is 1.51. The topological polar surface area (TPSA) is 61.5 Å². The lowest BCUT2D eigenvalue weighted by Crippen LogP contribution is -2.29. The first-order valence-electron chi connectivity index (χ1n) is 6.07. The average Bonchev–Trinajstić information content (AvgIpc) is 2.35. The summed E-state index contributed by atoms with van der Waals surface area (Å²) >= 11 is 0. The number of nitrogen functional groups attached to an aromatic ring is 1. The van der Waals surface area contributed by atoms with Crippen LogP contribution < -0.4 is 10.5 Å². The second-order valence-electron chi connectivity index (χ2n) is 3.95. The van der Waals surface area contributed by atoms with Crippen molar-refractivity contribution < 1.29 is 23.0 Å². The molecule has 6 heteroatoms. The first kappa shape index (κ1) is 15.2. The maximum absolute atomic E-state index is 13.6. The number of anilines is 1. The Kier molecular flexibility index (Phi) is 5.54. The molecule has 1 atom stereocenters. The molecule has 1 aromatic carbocycles. The van der Waals surface area contributed by atoms with Crippen LogP contribution in [-0.4, -0.2) is 18.7 Å². The zero-order valence-corrected chi connectivity index (χ0v) is 10.9. The minimum atomic E-state index is -0.956. The van der Waals surface area contributed by atoms with Crippen molar-refractivity contribution in [2.75, 3.05) is 12.3 Å². The van der Waals surface area contributed by atoms with Gasteiger partial charge in [0.1, 0.15) is 5.82 Å². The zero-order chi connectivity index (χ0) is 14.4. The Labute approximate surface area is 110 Å². The van der Waals surface area contributed by atoms with Gasteiger partial charge in [-0.3, -0.25) is 0 Å². The van der Waals surface area contributed by atoms with E-state index in [4.69, 9.17) is 15.2 Å². The molecule has 106 valence electrons. The van der Waals surface area contributed by atoms with E-state index in [0.717, 1.165) is 12.1 Å². The van der Waals surface area contributed by atoms with Crippen LogP contribution in [0.5, 0.6) is 5.75 Å². The highest BCUT2D eigenvalue weighted by Gasteiger charge is 2.23. The Balaban J connectivity index is 2.90. The Hall–Kier alpha value is -1.85. The molecule has 0 fully saturated rings. The van der Waals surface area contributed by atoms with Gasteiger partial charge >= 0.3 is 5.97 Å². The summed E-state index contributed by atoms with van der Waals surface area (Å²) in [5, 5.41) is 0. The number of benzene rings is 1. The number of hydrogen-bond donors (Lipinski definition) is 1. The van der Waals surface area contributed by atoms with E-state index >= 15 is 0 Å². The molecular weight excluding hydrogens is 256 g/mol. The van der Waals surface area contributed by atoms with Crippen molar-refractivity contribution in [3.05, 3.63) is 23.8 Å². The van der Waals surface area contributed by atoms with Crippen molar-refractivity contribution in [3.8, 4) is 5.75 Å². The molecule has 0 aromatic heterocycles. The Morgan fingerprint density at radius 3 is 2.58 bits per heavy atom. The van der Waals surface area contributed by atoms with Gasteiger partial charge in [0.25, 0.3) is 0 Å². The van der Waals surface area contributed by atoms with E-state index in [1.165, 1.54) is 0 Å². The van der Waals surface area contributed by atoms with Crippen LogP contribution in [0.25, 0.3) is 0 Å². The van der Waals surface area contributed by atoms with E-state index in [0.29, 0.717) is 12.8 Å². The van der Waals surface area contributed by atoms with Gasteiger partial charge < -0.3 is 15.2 Å². The summed E-state index contributed by atoms with van der Waals surface area (Å²) in [4.78, 5) is 11.6. The fourth-order valence-corrected chi connectivity index (χ4v) is 1.51. The fraction of sp³-hybridized carbons (Fsp3) is 0.462. The molecule has 0 saturated heterocycles. The van der Waals surface area contributed by atoms with Crippen LogP contribution in [0.1, 0.15) is 26.7 Å². The zero-order valence-electron chi connectivity index (χ0n) is 10.9. The Morgan fingerprint density at radius 1 is 1.32 bits per heavy atom. The SMILES string of the molecule is CCCC(Oc1cc(F)c(N)cc1F)C(=O)OCC. The largest absolute Gasteiger partial charge is 0.476 e. The van der Waals surface area contributed by atoms with E-state index in [-0.39, 0.29) is 18.0 Å². The van der Waals surface area contributed by atoms with Crippen molar-refractivity contribution in [3.63, 3.8) is 0 Å². The first-order chi connectivity index (χ1) is 8.99. The second kappa shape index (κ2) is 6.92. The molecule has 0 aliphatic rings. The summed E-state index contributed by atoms with van der Waals surface area (Å²) in [6.45, 7) is 3.70. The number of nitrogens with two attached hydrogens (primary N) is 1. The molecule has 1 unspecified atom stereocenters. The van der Waals surface area contributed by atoms with Gasteiger partial charge in [-0.05, 0) is 13.3 Å². The lowest BCUT2D eigenvalue weighted by atomic mass is 10.2. The van der Waals surface area contributed by atoms with Crippen molar-refractivity contribution in [1.29, 1.82) is 0 Å². The molecule has 1 rings (SSSR count). The minimum absolute atomic E-state index is 0.195. The summed E-state index contributed by atoms with van der Waals surface area (Å²) in [6.07, 6.45) is 0.0368. The predicted molar refractivity (Wildman–Crippen MR) is 66.7 cm³/mol. The molecule has 1 aromatic rings. The third-order valence-electron chi connectivity index (χ3n) is 2.42. The second-order valence-corrected chi connectivity index (χ2v) is 3.95. The van der Waals surface area contributed by atoms with Crippen molar-refractivity contribution in [2.45, 2.75) is 32.8 Å². The van der Waals surface area contributed by atoms with Crippen LogP contribution >= 0.6 is 0 Å². The highest BCUT2D eigenvalue weighted by molar-refractivity contribution is 5.75. The molecule has 4 nitrogen and oxygen atoms in total. The van der Waals surface area contributed by atoms with Crippen LogP contribution in [0.3, 0.4) is 0 Å². The average molecular weight is 273 g/mol. The minimum Gasteiger partial charge on any atom is -0.476 e. The number of carbonyl (C=O) groups is 1. The molecular formula is C13H17F2NO3. The first-order valence-corrected chi connectivity index (χ1v) is 6.07. The lowest BCUT2D eigenvalue weighted by molar-refractivity contribution is -0.151. The number of ether oxygens (including phenoxy) is 2. The molecule has 0 saturated carbocycles. The van der Waals surface area contributed by atoms with E-state index < -0.39 is 23.7 Å². The van der Waals surface area contributed by atoms with Gasteiger partial charge in [0, 0.05) is 12.1 Å². The van der Waals surface area contributed by atoms with Crippen LogP contribution in [0.2, 0.25) is 0 Å². The van der Waals surface area contributed by atoms with E-state index in [9.17, 15) is 13.6 Å². The van der Waals surface area contributed by atoms with Crippen LogP contribution in [-0.2, 0) is 9.53 Å². The number of halogens is 2. The maximum Gasteiger partial charge on any atom is 0.347 e. The third kappa shape index (κ3) is 4.08. The quantitative estimate of drug-likeness (QED) is 0.639. The maximum atomic E-state index is 13.6. The van der Waals surface area contributed by atoms with Crippen LogP contribution in [0, 0.1) is 11.6 Å². The van der Waals surface area contributed by atoms with Gasteiger partial charge in [0.15, 0.2) is 17.7 Å². The van der Waals surface area contributed by atoms with Gasteiger partial charge in [0.2, 0.25) is 0 Å². The van der Waals surface area contributed by atoms with Crippen molar-refractivity contribution >= 4 is 11.7 Å². The number of rotatable bonds is 6. The summed E-state index contributed by atoms with van der Waals surface area (Å²) in [5.41, 5.74) is 4.91. The lowest BCUT2D eigenvalue weighted by Gasteiger charge is -2.17. The molecule has 0 radical (unpaired) electrons. The summed E-state index contributed by atoms with van der Waals surface area (Å²) in [7, 11) is 0. The third-order valence-corrected chi connectivity index (χ3v) is 2.42. The smallest absolute Gasteiger partial charge is 0.347 e. The molecule has 0 aliphatic heterocycles. The van der Waals surface area contributed by atoms with Gasteiger partial charge in [-0.25, -0.2) is 13.6 Å². The highest BCUT2D eigenvalue weighted by Crippen LogP contribution is 2.25. The molecule has 0 aliphatic carbocycles. The highest BCUT2D eigenvalue weighted by atomic mass is 19.1. The van der Waals surface area contributed by atoms with Gasteiger partial charge in [0.05, 0.1) is 12.3 Å². The number of esters is 1. The van der Waals surface area contributed by atoms with E-state index in [1.807, 2.05) is 6.92 Å². The Bertz CT molecular complexity index is 452. The molecule has 2 N–H and O–H groups in total. The summed E-state index contributed by atoms with van der Waals surface area (Å²) in [6, 6.07) is 1.64. The van der Waals surface area contributed by atoms with Gasteiger partial charge in [-0.1, -0.05) is 13.3 Å².